The number of hydrogen-bond acceptors (Lipinski definition) is 4. The molecule has 1 heterocycles. The second-order valence-corrected chi connectivity index (χ2v) is 6.93. The van der Waals surface area contributed by atoms with E-state index in [0.29, 0.717) is 12.4 Å². The fourth-order valence-electron chi connectivity index (χ4n) is 2.58. The summed E-state index contributed by atoms with van der Waals surface area (Å²) < 4.78 is 5.78. The highest BCUT2D eigenvalue weighted by Crippen LogP contribution is 2.19. The van der Waals surface area contributed by atoms with Crippen molar-refractivity contribution in [1.82, 2.24) is 20.9 Å². The van der Waals surface area contributed by atoms with Gasteiger partial charge in [-0.3, -0.25) is 9.78 Å². The predicted molar refractivity (Wildman–Crippen MR) is 112 cm³/mol. The van der Waals surface area contributed by atoms with Crippen LogP contribution in [0, 0.1) is 0 Å². The minimum atomic E-state index is -0.311. The van der Waals surface area contributed by atoms with Crippen LogP contribution in [0.5, 0.6) is 5.75 Å². The van der Waals surface area contributed by atoms with Gasteiger partial charge < -0.3 is 20.7 Å². The first kappa shape index (κ1) is 22.2. The number of aromatic nitrogens is 1. The van der Waals surface area contributed by atoms with Crippen molar-refractivity contribution in [2.75, 3.05) is 6.54 Å². The largest absolute Gasteiger partial charge is 0.487 e. The van der Waals surface area contributed by atoms with E-state index in [-0.39, 0.29) is 37.0 Å². The van der Waals surface area contributed by atoms with Gasteiger partial charge in [0.1, 0.15) is 12.4 Å². The van der Waals surface area contributed by atoms with Gasteiger partial charge >= 0.3 is 6.03 Å². The molecule has 156 valence electrons. The maximum absolute atomic E-state index is 12.1. The number of benzene rings is 1. The third-order valence-corrected chi connectivity index (χ3v) is 4.48. The summed E-state index contributed by atoms with van der Waals surface area (Å²) in [6.07, 6.45) is 2.86. The Morgan fingerprint density at radius 2 is 1.93 bits per heavy atom. The maximum Gasteiger partial charge on any atom is 0.315 e. The molecule has 2 atom stereocenters. The van der Waals surface area contributed by atoms with Crippen molar-refractivity contribution in [2.24, 2.45) is 0 Å². The van der Waals surface area contributed by atoms with Crippen LogP contribution in [0.2, 0.25) is 0 Å². The van der Waals surface area contributed by atoms with Crippen LogP contribution >= 0.6 is 0 Å². The number of nitrogens with one attached hydrogen (secondary N) is 3. The average molecular weight is 399 g/mol. The van der Waals surface area contributed by atoms with E-state index < -0.39 is 0 Å². The van der Waals surface area contributed by atoms with Crippen molar-refractivity contribution in [3.63, 3.8) is 0 Å². The number of ether oxygens (including phenoxy) is 1. The Bertz CT molecular complexity index is 783. The lowest BCUT2D eigenvalue weighted by molar-refractivity contribution is -0.121. The van der Waals surface area contributed by atoms with Crippen LogP contribution in [0.25, 0.3) is 0 Å². The summed E-state index contributed by atoms with van der Waals surface area (Å²) in [5, 5.41) is 8.46. The lowest BCUT2D eigenvalue weighted by atomic mass is 10.1. The second kappa shape index (κ2) is 11.7. The fraction of sp³-hybridized carbons (Fsp3) is 0.409. The molecule has 1 aromatic carbocycles. The molecule has 7 heteroatoms. The Kier molecular flexibility index (Phi) is 8.95. The summed E-state index contributed by atoms with van der Waals surface area (Å²) in [7, 11) is 0. The molecule has 7 nitrogen and oxygen atoms in total. The Balaban J connectivity index is 1.77. The molecular weight excluding hydrogens is 368 g/mol. The molecule has 0 aliphatic carbocycles. The monoisotopic (exact) mass is 398 g/mol. The molecular formula is C22H30N4O3. The smallest absolute Gasteiger partial charge is 0.315 e. The number of rotatable bonds is 10. The number of urea groups is 1. The van der Waals surface area contributed by atoms with Crippen LogP contribution in [-0.4, -0.2) is 29.5 Å². The van der Waals surface area contributed by atoms with Gasteiger partial charge in [0, 0.05) is 25.2 Å². The average Bonchev–Trinajstić information content (AvgIpc) is 2.73. The lowest BCUT2D eigenvalue weighted by Gasteiger charge is -2.16. The van der Waals surface area contributed by atoms with E-state index >= 15 is 0 Å². The molecule has 29 heavy (non-hydrogen) atoms. The minimum Gasteiger partial charge on any atom is -0.487 e. The second-order valence-electron chi connectivity index (χ2n) is 6.93. The van der Waals surface area contributed by atoms with Crippen LogP contribution in [0.1, 0.15) is 50.9 Å². The number of pyridine rings is 1. The molecule has 0 saturated heterocycles. The van der Waals surface area contributed by atoms with E-state index in [9.17, 15) is 9.59 Å². The van der Waals surface area contributed by atoms with E-state index in [0.717, 1.165) is 17.7 Å². The standard InChI is InChI=1S/C22H30N4O3/c1-4-16(2)25-21(27)11-13-24-22(28)26-17(3)18-8-7-10-20(14-18)29-15-19-9-5-6-12-23-19/h5-10,12,14,16-17H,4,11,13,15H2,1-3H3,(H,25,27)(H2,24,26,28)/t16-,17-/m1/s1. The summed E-state index contributed by atoms with van der Waals surface area (Å²) in [4.78, 5) is 28.1. The molecule has 0 aliphatic rings. The third-order valence-electron chi connectivity index (χ3n) is 4.48. The van der Waals surface area contributed by atoms with Crippen molar-refractivity contribution in [1.29, 1.82) is 0 Å². The zero-order valence-electron chi connectivity index (χ0n) is 17.3. The summed E-state index contributed by atoms with van der Waals surface area (Å²) in [6, 6.07) is 12.9. The number of carbonyl (C=O) groups excluding carboxylic acids is 2. The van der Waals surface area contributed by atoms with Gasteiger partial charge in [0.2, 0.25) is 5.91 Å². The van der Waals surface area contributed by atoms with Crippen LogP contribution in [-0.2, 0) is 11.4 Å². The van der Waals surface area contributed by atoms with Gasteiger partial charge in [0.15, 0.2) is 0 Å². The molecule has 3 amide bonds. The van der Waals surface area contributed by atoms with Crippen LogP contribution in [0.3, 0.4) is 0 Å². The van der Waals surface area contributed by atoms with E-state index in [1.165, 1.54) is 0 Å². The van der Waals surface area contributed by atoms with E-state index in [1.54, 1.807) is 6.20 Å². The molecule has 3 N–H and O–H groups in total. The Morgan fingerprint density at radius 1 is 1.10 bits per heavy atom. The van der Waals surface area contributed by atoms with Gasteiger partial charge in [-0.1, -0.05) is 25.1 Å². The topological polar surface area (TPSA) is 92.4 Å². The molecule has 0 saturated carbocycles. The third kappa shape index (κ3) is 8.21. The summed E-state index contributed by atoms with van der Waals surface area (Å²) >= 11 is 0. The van der Waals surface area contributed by atoms with Gasteiger partial charge in [0.05, 0.1) is 11.7 Å². The first-order chi connectivity index (χ1) is 14.0. The van der Waals surface area contributed by atoms with Gasteiger partial charge in [0.25, 0.3) is 0 Å². The Morgan fingerprint density at radius 3 is 2.66 bits per heavy atom. The number of carbonyl (C=O) groups is 2. The lowest BCUT2D eigenvalue weighted by Crippen LogP contribution is -2.40. The highest BCUT2D eigenvalue weighted by molar-refractivity contribution is 5.78. The molecule has 2 rings (SSSR count). The number of hydrogen-bond donors (Lipinski definition) is 3. The summed E-state index contributed by atoms with van der Waals surface area (Å²) in [6.45, 7) is 6.52. The first-order valence-electron chi connectivity index (χ1n) is 9.94. The van der Waals surface area contributed by atoms with Crippen molar-refractivity contribution in [2.45, 2.75) is 52.3 Å². The Labute approximate surface area is 172 Å². The number of nitrogens with zero attached hydrogens (tertiary/aromatic N) is 1. The number of amides is 3. The fourth-order valence-corrected chi connectivity index (χ4v) is 2.58. The first-order valence-corrected chi connectivity index (χ1v) is 9.94. The van der Waals surface area contributed by atoms with E-state index in [4.69, 9.17) is 4.74 Å². The predicted octanol–water partition coefficient (Wildman–Crippen LogP) is 3.33. The van der Waals surface area contributed by atoms with Gasteiger partial charge in [-0.05, 0) is 50.1 Å². The Hall–Kier alpha value is -3.09. The highest BCUT2D eigenvalue weighted by Gasteiger charge is 2.11. The van der Waals surface area contributed by atoms with Crippen LogP contribution in [0.15, 0.2) is 48.7 Å². The van der Waals surface area contributed by atoms with Crippen molar-refractivity contribution < 1.29 is 14.3 Å². The van der Waals surface area contributed by atoms with Gasteiger partial charge in [-0.25, -0.2) is 4.79 Å². The van der Waals surface area contributed by atoms with Crippen molar-refractivity contribution >= 4 is 11.9 Å². The molecule has 0 aliphatic heterocycles. The zero-order valence-corrected chi connectivity index (χ0v) is 17.3. The van der Waals surface area contributed by atoms with Crippen molar-refractivity contribution in [3.05, 3.63) is 59.9 Å². The summed E-state index contributed by atoms with van der Waals surface area (Å²) in [5.41, 5.74) is 1.77. The molecule has 0 unspecified atom stereocenters. The van der Waals surface area contributed by atoms with Crippen molar-refractivity contribution in [3.8, 4) is 5.75 Å². The minimum absolute atomic E-state index is 0.0644. The zero-order chi connectivity index (χ0) is 21.1. The van der Waals surface area contributed by atoms with Crippen LogP contribution < -0.4 is 20.7 Å². The van der Waals surface area contributed by atoms with Crippen LogP contribution in [0.4, 0.5) is 4.79 Å². The molecule has 2 aromatic rings. The van der Waals surface area contributed by atoms with E-state index in [2.05, 4.69) is 20.9 Å². The molecule has 0 fully saturated rings. The SMILES string of the molecule is CC[C@@H](C)NC(=O)CCNC(=O)N[C@H](C)c1cccc(OCc2ccccn2)c1. The quantitative estimate of drug-likeness (QED) is 0.572. The molecule has 1 aromatic heterocycles. The van der Waals surface area contributed by atoms with Gasteiger partial charge in [-0.15, -0.1) is 0 Å². The summed E-state index contributed by atoms with van der Waals surface area (Å²) in [5.74, 6) is 0.648. The normalized spacial score (nSPS) is 12.5. The van der Waals surface area contributed by atoms with E-state index in [1.807, 2.05) is 63.2 Å². The molecule has 0 bridgehead atoms. The van der Waals surface area contributed by atoms with Gasteiger partial charge in [-0.2, -0.15) is 0 Å². The maximum atomic E-state index is 12.1. The highest BCUT2D eigenvalue weighted by atomic mass is 16.5. The molecule has 0 radical (unpaired) electrons. The molecule has 0 spiro atoms.